The van der Waals surface area contributed by atoms with Gasteiger partial charge in [-0.3, -0.25) is 4.90 Å². The van der Waals surface area contributed by atoms with Crippen molar-refractivity contribution < 1.29 is 4.84 Å². The first-order valence-corrected chi connectivity index (χ1v) is 11.2. The molecular formula is C21H21ClN6OS. The molecule has 0 amide bonds. The van der Waals surface area contributed by atoms with Crippen molar-refractivity contribution in [2.45, 2.75) is 32.9 Å². The Morgan fingerprint density at radius 1 is 1.30 bits per heavy atom. The largest absolute Gasteiger partial charge is 0.387 e. The van der Waals surface area contributed by atoms with Gasteiger partial charge in [-0.2, -0.15) is 0 Å². The molecule has 0 aliphatic carbocycles. The van der Waals surface area contributed by atoms with Crippen LogP contribution in [-0.4, -0.2) is 43.8 Å². The second kappa shape index (κ2) is 8.29. The molecule has 154 valence electrons. The highest BCUT2D eigenvalue weighted by Crippen LogP contribution is 2.35. The van der Waals surface area contributed by atoms with Crippen LogP contribution in [0.4, 0.5) is 0 Å². The predicted molar refractivity (Wildman–Crippen MR) is 119 cm³/mol. The molecule has 0 spiro atoms. The van der Waals surface area contributed by atoms with Crippen LogP contribution < -0.4 is 0 Å². The molecule has 0 saturated heterocycles. The van der Waals surface area contributed by atoms with Crippen LogP contribution in [0, 0.1) is 0 Å². The van der Waals surface area contributed by atoms with E-state index in [9.17, 15) is 0 Å². The highest BCUT2D eigenvalue weighted by atomic mass is 35.5. The fraction of sp³-hybridized carbons (Fsp3) is 0.333. The molecule has 9 heteroatoms. The lowest BCUT2D eigenvalue weighted by atomic mass is 10.1. The van der Waals surface area contributed by atoms with Crippen molar-refractivity contribution in [1.82, 2.24) is 24.5 Å². The van der Waals surface area contributed by atoms with Crippen LogP contribution in [0.2, 0.25) is 5.02 Å². The van der Waals surface area contributed by atoms with Crippen LogP contribution in [0.3, 0.4) is 0 Å². The van der Waals surface area contributed by atoms with Gasteiger partial charge < -0.3 is 4.84 Å². The summed E-state index contributed by atoms with van der Waals surface area (Å²) in [6, 6.07) is 7.38. The zero-order valence-corrected chi connectivity index (χ0v) is 18.2. The second-order valence-electron chi connectivity index (χ2n) is 7.31. The molecule has 0 unspecified atom stereocenters. The summed E-state index contributed by atoms with van der Waals surface area (Å²) in [7, 11) is 0. The Morgan fingerprint density at radius 2 is 2.17 bits per heavy atom. The minimum Gasteiger partial charge on any atom is -0.387 e. The molecule has 1 aliphatic heterocycles. The number of hydrogen-bond donors (Lipinski definition) is 0. The molecule has 0 N–H and O–H groups in total. The van der Waals surface area contributed by atoms with Gasteiger partial charge >= 0.3 is 0 Å². The average Bonchev–Trinajstić information content (AvgIpc) is 3.32. The van der Waals surface area contributed by atoms with Crippen molar-refractivity contribution in [2.24, 2.45) is 5.16 Å². The molecule has 0 radical (unpaired) electrons. The summed E-state index contributed by atoms with van der Waals surface area (Å²) in [5.74, 6) is 0.584. The number of oxime groups is 1. The SMILES string of the molecule is CCCN1CCc2c(sc3ncn4nc(CO/N=C/c5ccc(Cl)cc5)nc4c23)C1. The summed E-state index contributed by atoms with van der Waals surface area (Å²) in [6.45, 7) is 5.64. The van der Waals surface area contributed by atoms with E-state index in [0.717, 1.165) is 47.5 Å². The lowest BCUT2D eigenvalue weighted by Gasteiger charge is -2.26. The quantitative estimate of drug-likeness (QED) is 0.330. The van der Waals surface area contributed by atoms with E-state index in [-0.39, 0.29) is 6.61 Å². The maximum absolute atomic E-state index is 5.89. The van der Waals surface area contributed by atoms with Crippen LogP contribution in [0.1, 0.15) is 35.2 Å². The van der Waals surface area contributed by atoms with Gasteiger partial charge in [0.25, 0.3) is 0 Å². The average molecular weight is 441 g/mol. The first kappa shape index (κ1) is 19.4. The highest BCUT2D eigenvalue weighted by molar-refractivity contribution is 7.19. The Morgan fingerprint density at radius 3 is 3.00 bits per heavy atom. The van der Waals surface area contributed by atoms with E-state index in [0.29, 0.717) is 10.8 Å². The molecule has 0 fully saturated rings. The fourth-order valence-electron chi connectivity index (χ4n) is 3.80. The lowest BCUT2D eigenvalue weighted by Crippen LogP contribution is -2.30. The Balaban J connectivity index is 1.36. The molecule has 0 bridgehead atoms. The van der Waals surface area contributed by atoms with Gasteiger partial charge in [0, 0.05) is 23.0 Å². The summed E-state index contributed by atoms with van der Waals surface area (Å²) in [4.78, 5) is 19.7. The third kappa shape index (κ3) is 3.78. The molecule has 5 rings (SSSR count). The summed E-state index contributed by atoms with van der Waals surface area (Å²) in [5, 5.41) is 10.3. The summed E-state index contributed by atoms with van der Waals surface area (Å²) < 4.78 is 1.75. The smallest absolute Gasteiger partial charge is 0.192 e. The molecule has 7 nitrogen and oxygen atoms in total. The Labute approximate surface area is 182 Å². The van der Waals surface area contributed by atoms with Gasteiger partial charge in [-0.25, -0.2) is 14.5 Å². The Bertz CT molecular complexity index is 1220. The van der Waals surface area contributed by atoms with E-state index in [4.69, 9.17) is 21.4 Å². The van der Waals surface area contributed by atoms with Gasteiger partial charge in [0.1, 0.15) is 11.2 Å². The van der Waals surface area contributed by atoms with Crippen LogP contribution in [0.15, 0.2) is 35.7 Å². The van der Waals surface area contributed by atoms with E-state index >= 15 is 0 Å². The van der Waals surface area contributed by atoms with Crippen molar-refractivity contribution >= 4 is 45.0 Å². The third-order valence-electron chi connectivity index (χ3n) is 5.18. The molecule has 4 heterocycles. The number of aromatic nitrogens is 4. The maximum Gasteiger partial charge on any atom is 0.192 e. The van der Waals surface area contributed by atoms with Gasteiger partial charge in [-0.15, -0.1) is 16.4 Å². The van der Waals surface area contributed by atoms with Crippen molar-refractivity contribution in [2.75, 3.05) is 13.1 Å². The first-order valence-electron chi connectivity index (χ1n) is 9.99. The summed E-state index contributed by atoms with van der Waals surface area (Å²) >= 11 is 7.66. The third-order valence-corrected chi connectivity index (χ3v) is 6.56. The van der Waals surface area contributed by atoms with Gasteiger partial charge in [0.05, 0.1) is 11.6 Å². The van der Waals surface area contributed by atoms with E-state index < -0.39 is 0 Å². The molecular weight excluding hydrogens is 420 g/mol. The highest BCUT2D eigenvalue weighted by Gasteiger charge is 2.23. The van der Waals surface area contributed by atoms with Gasteiger partial charge in [0.2, 0.25) is 0 Å². The standard InChI is InChI=1S/C21H21ClN6OS/c1-2-8-27-9-7-16-17(11-27)30-21-19(16)20-25-18(26-28(20)13-23-21)12-29-24-10-14-3-5-15(22)6-4-14/h3-6,10,13H,2,7-9,11-12H2,1H3/b24-10+. The van der Waals surface area contributed by atoms with Crippen LogP contribution in [-0.2, 0) is 24.4 Å². The lowest BCUT2D eigenvalue weighted by molar-refractivity contribution is 0.126. The second-order valence-corrected chi connectivity index (χ2v) is 8.83. The molecule has 4 aromatic rings. The van der Waals surface area contributed by atoms with Gasteiger partial charge in [0.15, 0.2) is 18.1 Å². The molecule has 3 aromatic heterocycles. The number of thiophene rings is 1. The number of rotatable bonds is 6. The van der Waals surface area contributed by atoms with Crippen molar-refractivity contribution in [3.8, 4) is 0 Å². The zero-order chi connectivity index (χ0) is 20.5. The van der Waals surface area contributed by atoms with Crippen molar-refractivity contribution in [3.05, 3.63) is 57.4 Å². The normalized spacial score (nSPS) is 14.7. The van der Waals surface area contributed by atoms with Crippen LogP contribution in [0.5, 0.6) is 0 Å². The van der Waals surface area contributed by atoms with Gasteiger partial charge in [-0.05, 0) is 42.6 Å². The number of nitrogens with zero attached hydrogens (tertiary/aromatic N) is 6. The first-order chi connectivity index (χ1) is 14.7. The topological polar surface area (TPSA) is 67.9 Å². The van der Waals surface area contributed by atoms with E-state index in [1.807, 2.05) is 24.3 Å². The van der Waals surface area contributed by atoms with Crippen molar-refractivity contribution in [1.29, 1.82) is 0 Å². The molecule has 30 heavy (non-hydrogen) atoms. The number of halogens is 1. The zero-order valence-electron chi connectivity index (χ0n) is 16.6. The fourth-order valence-corrected chi connectivity index (χ4v) is 5.15. The predicted octanol–water partition coefficient (Wildman–Crippen LogP) is 4.31. The van der Waals surface area contributed by atoms with Crippen LogP contribution in [0.25, 0.3) is 15.9 Å². The number of benzene rings is 1. The number of fused-ring (bicyclic) bond motifs is 5. The Kier molecular flexibility index (Phi) is 5.37. The molecule has 0 saturated carbocycles. The Hall–Kier alpha value is -2.55. The van der Waals surface area contributed by atoms with Crippen LogP contribution >= 0.6 is 22.9 Å². The molecule has 0 atom stereocenters. The minimum absolute atomic E-state index is 0.198. The summed E-state index contributed by atoms with van der Waals surface area (Å²) in [5.41, 5.74) is 3.14. The van der Waals surface area contributed by atoms with Crippen molar-refractivity contribution in [3.63, 3.8) is 0 Å². The van der Waals surface area contributed by atoms with E-state index in [1.165, 1.54) is 16.9 Å². The van der Waals surface area contributed by atoms with E-state index in [1.54, 1.807) is 28.4 Å². The molecule has 1 aromatic carbocycles. The minimum atomic E-state index is 0.198. The summed E-state index contributed by atoms with van der Waals surface area (Å²) in [6.07, 6.45) is 5.58. The monoisotopic (exact) mass is 440 g/mol. The van der Waals surface area contributed by atoms with E-state index in [2.05, 4.69) is 27.1 Å². The van der Waals surface area contributed by atoms with Gasteiger partial charge in [-0.1, -0.05) is 35.8 Å². The number of hydrogen-bond acceptors (Lipinski definition) is 7. The maximum atomic E-state index is 5.89. The molecule has 1 aliphatic rings.